The van der Waals surface area contributed by atoms with Crippen molar-refractivity contribution in [1.82, 2.24) is 9.97 Å². The first-order chi connectivity index (χ1) is 6.65. The van der Waals surface area contributed by atoms with Gasteiger partial charge in [0.05, 0.1) is 6.10 Å². The average molecular weight is 257 g/mol. The lowest BCUT2D eigenvalue weighted by Crippen LogP contribution is -2.08. The lowest BCUT2D eigenvalue weighted by Gasteiger charge is -2.09. The highest BCUT2D eigenvalue weighted by atomic mass is 79.9. The van der Waals surface area contributed by atoms with Crippen LogP contribution in [0, 0.1) is 0 Å². The second-order valence-corrected chi connectivity index (χ2v) is 4.64. The van der Waals surface area contributed by atoms with E-state index in [0.717, 1.165) is 10.4 Å². The average Bonchev–Trinajstić information content (AvgIpc) is 2.82. The number of rotatable bonds is 3. The molecule has 0 saturated heterocycles. The van der Waals surface area contributed by atoms with E-state index in [-0.39, 0.29) is 6.10 Å². The van der Waals surface area contributed by atoms with Gasteiger partial charge in [0.15, 0.2) is 0 Å². The van der Waals surface area contributed by atoms with E-state index in [4.69, 9.17) is 4.74 Å². The first-order valence-corrected chi connectivity index (χ1v) is 5.65. The molecule has 1 aliphatic carbocycles. The summed E-state index contributed by atoms with van der Waals surface area (Å²) in [4.78, 5) is 8.70. The molecule has 0 aliphatic heterocycles. The smallest absolute Gasteiger partial charge is 0.217 e. The van der Waals surface area contributed by atoms with Crippen molar-refractivity contribution in [3.8, 4) is 5.88 Å². The molecule has 0 unspecified atom stereocenters. The molecule has 1 aromatic heterocycles. The summed E-state index contributed by atoms with van der Waals surface area (Å²) in [7, 11) is 0. The Bertz CT molecular complexity index is 337. The second kappa shape index (κ2) is 3.85. The summed E-state index contributed by atoms with van der Waals surface area (Å²) in [5.41, 5.74) is 0. The number of halogens is 1. The minimum atomic E-state index is 0.156. The highest BCUT2D eigenvalue weighted by Gasteiger charge is 2.27. The number of aromatic nitrogens is 2. The number of nitrogens with zero attached hydrogens (tertiary/aromatic N) is 2. The van der Waals surface area contributed by atoms with Crippen LogP contribution in [0.3, 0.4) is 0 Å². The lowest BCUT2D eigenvalue weighted by atomic mass is 10.4. The van der Waals surface area contributed by atoms with Gasteiger partial charge in [-0.25, -0.2) is 4.98 Å². The molecule has 1 saturated carbocycles. The maximum absolute atomic E-state index is 5.53. The van der Waals surface area contributed by atoms with Crippen LogP contribution in [0.25, 0.3) is 0 Å². The maximum atomic E-state index is 5.53. The van der Waals surface area contributed by atoms with E-state index in [1.807, 2.05) is 19.9 Å². The molecule has 4 heteroatoms. The highest BCUT2D eigenvalue weighted by molar-refractivity contribution is 9.10. The van der Waals surface area contributed by atoms with Crippen LogP contribution in [0.15, 0.2) is 10.7 Å². The summed E-state index contributed by atoms with van der Waals surface area (Å²) in [5, 5.41) is 0. The van der Waals surface area contributed by atoms with Gasteiger partial charge in [-0.3, -0.25) is 0 Å². The van der Waals surface area contributed by atoms with Crippen molar-refractivity contribution < 1.29 is 4.74 Å². The SMILES string of the molecule is CC(C)Oc1cc(Br)nc(C2CC2)n1. The number of hydrogen-bond donors (Lipinski definition) is 0. The zero-order valence-electron chi connectivity index (χ0n) is 8.33. The molecular formula is C10H13BrN2O. The zero-order valence-corrected chi connectivity index (χ0v) is 9.91. The molecule has 1 fully saturated rings. The Labute approximate surface area is 92.0 Å². The van der Waals surface area contributed by atoms with E-state index in [9.17, 15) is 0 Å². The molecule has 0 atom stereocenters. The molecule has 1 heterocycles. The van der Waals surface area contributed by atoms with Crippen molar-refractivity contribution in [1.29, 1.82) is 0 Å². The second-order valence-electron chi connectivity index (χ2n) is 3.83. The standard InChI is InChI=1S/C10H13BrN2O/c1-6(2)14-9-5-8(11)12-10(13-9)7-3-4-7/h5-7H,3-4H2,1-2H3. The quantitative estimate of drug-likeness (QED) is 0.781. The summed E-state index contributed by atoms with van der Waals surface area (Å²) in [6.45, 7) is 3.99. The van der Waals surface area contributed by atoms with Gasteiger partial charge in [0.2, 0.25) is 5.88 Å². The fraction of sp³-hybridized carbons (Fsp3) is 0.600. The molecule has 1 aromatic rings. The van der Waals surface area contributed by atoms with E-state index >= 15 is 0 Å². The summed E-state index contributed by atoms with van der Waals surface area (Å²) in [5.74, 6) is 2.14. The fourth-order valence-electron chi connectivity index (χ4n) is 1.24. The Morgan fingerprint density at radius 2 is 2.14 bits per heavy atom. The van der Waals surface area contributed by atoms with E-state index in [1.165, 1.54) is 12.8 Å². The van der Waals surface area contributed by atoms with Crippen molar-refractivity contribution in [2.45, 2.75) is 38.7 Å². The molecular weight excluding hydrogens is 244 g/mol. The Morgan fingerprint density at radius 3 is 2.71 bits per heavy atom. The van der Waals surface area contributed by atoms with Crippen LogP contribution in [-0.4, -0.2) is 16.1 Å². The third-order valence-electron chi connectivity index (χ3n) is 1.99. The van der Waals surface area contributed by atoms with Crippen LogP contribution < -0.4 is 4.74 Å². The normalized spacial score (nSPS) is 16.0. The minimum absolute atomic E-state index is 0.156. The summed E-state index contributed by atoms with van der Waals surface area (Å²) in [6.07, 6.45) is 2.57. The van der Waals surface area contributed by atoms with Crippen LogP contribution in [0.5, 0.6) is 5.88 Å². The van der Waals surface area contributed by atoms with Gasteiger partial charge >= 0.3 is 0 Å². The maximum Gasteiger partial charge on any atom is 0.217 e. The largest absolute Gasteiger partial charge is 0.475 e. The first-order valence-electron chi connectivity index (χ1n) is 4.86. The predicted octanol–water partition coefficient (Wildman–Crippen LogP) is 2.90. The molecule has 0 N–H and O–H groups in total. The number of hydrogen-bond acceptors (Lipinski definition) is 3. The molecule has 14 heavy (non-hydrogen) atoms. The Balaban J connectivity index is 2.22. The molecule has 76 valence electrons. The Morgan fingerprint density at radius 1 is 1.43 bits per heavy atom. The third-order valence-corrected chi connectivity index (χ3v) is 2.39. The molecule has 0 radical (unpaired) electrons. The summed E-state index contributed by atoms with van der Waals surface area (Å²) < 4.78 is 6.34. The monoisotopic (exact) mass is 256 g/mol. The lowest BCUT2D eigenvalue weighted by molar-refractivity contribution is 0.231. The van der Waals surface area contributed by atoms with Crippen molar-refractivity contribution >= 4 is 15.9 Å². The van der Waals surface area contributed by atoms with Gasteiger partial charge in [0.25, 0.3) is 0 Å². The molecule has 1 aliphatic rings. The van der Waals surface area contributed by atoms with Crippen LogP contribution >= 0.6 is 15.9 Å². The van der Waals surface area contributed by atoms with Gasteiger partial charge in [-0.1, -0.05) is 0 Å². The molecule has 0 bridgehead atoms. The Kier molecular flexibility index (Phi) is 2.72. The van der Waals surface area contributed by atoms with E-state index < -0.39 is 0 Å². The van der Waals surface area contributed by atoms with Crippen LogP contribution in [0.1, 0.15) is 38.4 Å². The fourth-order valence-corrected chi connectivity index (χ4v) is 1.62. The van der Waals surface area contributed by atoms with Crippen LogP contribution in [-0.2, 0) is 0 Å². The van der Waals surface area contributed by atoms with Crippen LogP contribution in [0.2, 0.25) is 0 Å². The van der Waals surface area contributed by atoms with Gasteiger partial charge in [0.1, 0.15) is 10.4 Å². The number of ether oxygens (including phenoxy) is 1. The Hall–Kier alpha value is -0.640. The van der Waals surface area contributed by atoms with Crippen LogP contribution in [0.4, 0.5) is 0 Å². The summed E-state index contributed by atoms with van der Waals surface area (Å²) in [6, 6.07) is 1.81. The topological polar surface area (TPSA) is 35.0 Å². The van der Waals surface area contributed by atoms with Crippen molar-refractivity contribution in [2.24, 2.45) is 0 Å². The minimum Gasteiger partial charge on any atom is -0.475 e. The molecule has 2 rings (SSSR count). The third kappa shape index (κ3) is 2.44. The zero-order chi connectivity index (χ0) is 10.1. The highest BCUT2D eigenvalue weighted by Crippen LogP contribution is 2.39. The van der Waals surface area contributed by atoms with Gasteiger partial charge in [-0.2, -0.15) is 4.98 Å². The van der Waals surface area contributed by atoms with E-state index in [0.29, 0.717) is 11.8 Å². The van der Waals surface area contributed by atoms with Gasteiger partial charge < -0.3 is 4.74 Å². The van der Waals surface area contributed by atoms with Crippen molar-refractivity contribution in [3.05, 3.63) is 16.5 Å². The molecule has 3 nitrogen and oxygen atoms in total. The van der Waals surface area contributed by atoms with Crippen molar-refractivity contribution in [2.75, 3.05) is 0 Å². The van der Waals surface area contributed by atoms with Crippen molar-refractivity contribution in [3.63, 3.8) is 0 Å². The summed E-state index contributed by atoms with van der Waals surface area (Å²) >= 11 is 3.37. The molecule has 0 amide bonds. The molecule has 0 aromatic carbocycles. The molecule has 0 spiro atoms. The van der Waals surface area contributed by atoms with E-state index in [2.05, 4.69) is 25.9 Å². The predicted molar refractivity (Wildman–Crippen MR) is 57.5 cm³/mol. The first kappa shape index (κ1) is 9.90. The van der Waals surface area contributed by atoms with Gasteiger partial charge in [-0.15, -0.1) is 0 Å². The van der Waals surface area contributed by atoms with E-state index in [1.54, 1.807) is 0 Å². The van der Waals surface area contributed by atoms with Gasteiger partial charge in [-0.05, 0) is 42.6 Å². The van der Waals surface area contributed by atoms with Gasteiger partial charge in [0, 0.05) is 12.0 Å².